The lowest BCUT2D eigenvalue weighted by Gasteiger charge is -2.31. The minimum absolute atomic E-state index is 0.0104. The Morgan fingerprint density at radius 3 is 2.52 bits per heavy atom. The second kappa shape index (κ2) is 7.59. The lowest BCUT2D eigenvalue weighted by molar-refractivity contribution is -0.126. The number of hydrogen-bond acceptors (Lipinski definition) is 3. The van der Waals surface area contributed by atoms with E-state index in [1.165, 1.54) is 0 Å². The molecule has 0 bridgehead atoms. The molecule has 1 aromatic carbocycles. The topological polar surface area (TPSA) is 58.6 Å². The van der Waals surface area contributed by atoms with Gasteiger partial charge in [0.15, 0.2) is 0 Å². The van der Waals surface area contributed by atoms with Gasteiger partial charge in [-0.1, -0.05) is 18.2 Å². The molecule has 1 N–H and O–H groups in total. The fourth-order valence-electron chi connectivity index (χ4n) is 3.27. The fourth-order valence-corrected chi connectivity index (χ4v) is 3.27. The fraction of sp³-hybridized carbons (Fsp3) is 0.556. The Morgan fingerprint density at radius 1 is 1.13 bits per heavy atom. The van der Waals surface area contributed by atoms with Gasteiger partial charge in [-0.25, -0.2) is 0 Å². The molecule has 2 fully saturated rings. The number of nitrogens with zero attached hydrogens (tertiary/aromatic N) is 1. The highest BCUT2D eigenvalue weighted by molar-refractivity contribution is 5.94. The largest absolute Gasteiger partial charge is 0.376 e. The Kier molecular flexibility index (Phi) is 5.28. The number of carbonyl (C=O) groups excluding carboxylic acids is 2. The van der Waals surface area contributed by atoms with E-state index in [0.717, 1.165) is 32.3 Å². The second-order valence-electron chi connectivity index (χ2n) is 6.31. The molecule has 5 nitrogen and oxygen atoms in total. The molecule has 23 heavy (non-hydrogen) atoms. The predicted octanol–water partition coefficient (Wildman–Crippen LogP) is 1.83. The van der Waals surface area contributed by atoms with Gasteiger partial charge in [-0.2, -0.15) is 0 Å². The first-order chi connectivity index (χ1) is 11.2. The first-order valence-corrected chi connectivity index (χ1v) is 8.47. The summed E-state index contributed by atoms with van der Waals surface area (Å²) in [7, 11) is 0. The van der Waals surface area contributed by atoms with Crippen LogP contribution in [-0.2, 0) is 9.53 Å². The third-order valence-corrected chi connectivity index (χ3v) is 4.70. The molecule has 0 radical (unpaired) electrons. The van der Waals surface area contributed by atoms with Gasteiger partial charge in [0.2, 0.25) is 5.91 Å². The van der Waals surface area contributed by atoms with Gasteiger partial charge < -0.3 is 15.0 Å². The zero-order valence-electron chi connectivity index (χ0n) is 13.4. The van der Waals surface area contributed by atoms with E-state index in [1.807, 2.05) is 35.2 Å². The van der Waals surface area contributed by atoms with E-state index in [0.29, 0.717) is 25.2 Å². The predicted molar refractivity (Wildman–Crippen MR) is 87.1 cm³/mol. The molecule has 3 rings (SSSR count). The van der Waals surface area contributed by atoms with Crippen molar-refractivity contribution in [3.05, 3.63) is 35.9 Å². The first-order valence-electron chi connectivity index (χ1n) is 8.47. The van der Waals surface area contributed by atoms with Crippen molar-refractivity contribution in [1.29, 1.82) is 0 Å². The highest BCUT2D eigenvalue weighted by Gasteiger charge is 2.28. The number of hydrogen-bond donors (Lipinski definition) is 1. The Labute approximate surface area is 137 Å². The molecule has 1 aromatic rings. The zero-order valence-corrected chi connectivity index (χ0v) is 13.4. The monoisotopic (exact) mass is 316 g/mol. The minimum atomic E-state index is 0.0104. The highest BCUT2D eigenvalue weighted by Crippen LogP contribution is 2.19. The lowest BCUT2D eigenvalue weighted by Crippen LogP contribution is -2.44. The average Bonchev–Trinajstić information content (AvgIpc) is 3.13. The molecule has 0 aromatic heterocycles. The van der Waals surface area contributed by atoms with Gasteiger partial charge in [-0.05, 0) is 37.8 Å². The summed E-state index contributed by atoms with van der Waals surface area (Å²) in [6, 6.07) is 9.32. The molecule has 2 amide bonds. The molecule has 1 atom stereocenters. The normalized spacial score (nSPS) is 22.1. The van der Waals surface area contributed by atoms with Crippen LogP contribution in [-0.4, -0.2) is 49.1 Å². The molecule has 0 spiro atoms. The Bertz CT molecular complexity index is 532. The summed E-state index contributed by atoms with van der Waals surface area (Å²) in [6.45, 7) is 2.71. The van der Waals surface area contributed by atoms with Crippen molar-refractivity contribution in [2.24, 2.45) is 5.92 Å². The standard InChI is InChI=1S/C18H24N2O3/c21-17(19-13-16-7-4-12-23-16)14-8-10-20(11-9-14)18(22)15-5-2-1-3-6-15/h1-3,5-6,14,16H,4,7-13H2,(H,19,21)/t16-/m1/s1. The van der Waals surface area contributed by atoms with Gasteiger partial charge in [0.1, 0.15) is 0 Å². The first kappa shape index (κ1) is 16.0. The average molecular weight is 316 g/mol. The Balaban J connectivity index is 1.44. The third kappa shape index (κ3) is 4.10. The van der Waals surface area contributed by atoms with Crippen LogP contribution < -0.4 is 5.32 Å². The molecule has 2 saturated heterocycles. The summed E-state index contributed by atoms with van der Waals surface area (Å²) < 4.78 is 5.52. The third-order valence-electron chi connectivity index (χ3n) is 4.70. The molecule has 2 aliphatic heterocycles. The van der Waals surface area contributed by atoms with E-state index in [4.69, 9.17) is 4.74 Å². The van der Waals surface area contributed by atoms with Crippen LogP contribution in [0.4, 0.5) is 0 Å². The molecule has 0 saturated carbocycles. The van der Waals surface area contributed by atoms with E-state index in [2.05, 4.69) is 5.32 Å². The van der Waals surface area contributed by atoms with Gasteiger partial charge in [0.25, 0.3) is 5.91 Å². The van der Waals surface area contributed by atoms with Crippen molar-refractivity contribution in [2.75, 3.05) is 26.2 Å². The summed E-state index contributed by atoms with van der Waals surface area (Å²) in [5.41, 5.74) is 0.716. The summed E-state index contributed by atoms with van der Waals surface area (Å²) in [5.74, 6) is 0.173. The van der Waals surface area contributed by atoms with Crippen LogP contribution >= 0.6 is 0 Å². The minimum Gasteiger partial charge on any atom is -0.376 e. The summed E-state index contributed by atoms with van der Waals surface area (Å²) in [5, 5.41) is 3.00. The molecular weight excluding hydrogens is 292 g/mol. The van der Waals surface area contributed by atoms with Crippen molar-refractivity contribution in [2.45, 2.75) is 31.8 Å². The van der Waals surface area contributed by atoms with Crippen LogP contribution in [0, 0.1) is 5.92 Å². The maximum Gasteiger partial charge on any atom is 0.253 e. The number of benzene rings is 1. The molecular formula is C18H24N2O3. The maximum absolute atomic E-state index is 12.4. The van der Waals surface area contributed by atoms with E-state index >= 15 is 0 Å². The molecule has 0 unspecified atom stereocenters. The quantitative estimate of drug-likeness (QED) is 0.922. The number of likely N-dealkylation sites (tertiary alicyclic amines) is 1. The van der Waals surface area contributed by atoms with Crippen molar-refractivity contribution >= 4 is 11.8 Å². The van der Waals surface area contributed by atoms with Crippen LogP contribution in [0.3, 0.4) is 0 Å². The van der Waals surface area contributed by atoms with Gasteiger partial charge in [-0.3, -0.25) is 9.59 Å². The summed E-state index contributed by atoms with van der Waals surface area (Å²) >= 11 is 0. The number of carbonyl (C=O) groups is 2. The highest BCUT2D eigenvalue weighted by atomic mass is 16.5. The van der Waals surface area contributed by atoms with Gasteiger partial charge in [0, 0.05) is 37.7 Å². The number of piperidine rings is 1. The van der Waals surface area contributed by atoms with E-state index < -0.39 is 0 Å². The number of ether oxygens (including phenoxy) is 1. The van der Waals surface area contributed by atoms with Gasteiger partial charge in [-0.15, -0.1) is 0 Å². The van der Waals surface area contributed by atoms with Crippen LogP contribution in [0.25, 0.3) is 0 Å². The molecule has 124 valence electrons. The molecule has 0 aliphatic carbocycles. The second-order valence-corrected chi connectivity index (χ2v) is 6.31. The van der Waals surface area contributed by atoms with E-state index in [9.17, 15) is 9.59 Å². The van der Waals surface area contributed by atoms with Crippen molar-refractivity contribution < 1.29 is 14.3 Å². The van der Waals surface area contributed by atoms with E-state index in [-0.39, 0.29) is 23.8 Å². The van der Waals surface area contributed by atoms with Gasteiger partial charge in [0.05, 0.1) is 6.10 Å². The summed E-state index contributed by atoms with van der Waals surface area (Å²) in [6.07, 6.45) is 3.76. The Morgan fingerprint density at radius 2 is 1.87 bits per heavy atom. The molecule has 2 heterocycles. The van der Waals surface area contributed by atoms with Crippen LogP contribution in [0.5, 0.6) is 0 Å². The van der Waals surface area contributed by atoms with Gasteiger partial charge >= 0.3 is 0 Å². The molecule has 5 heteroatoms. The van der Waals surface area contributed by atoms with Crippen LogP contribution in [0.2, 0.25) is 0 Å². The van der Waals surface area contributed by atoms with Crippen molar-refractivity contribution in [3.63, 3.8) is 0 Å². The number of nitrogens with one attached hydrogen (secondary N) is 1. The lowest BCUT2D eigenvalue weighted by atomic mass is 9.95. The summed E-state index contributed by atoms with van der Waals surface area (Å²) in [4.78, 5) is 26.5. The number of amides is 2. The SMILES string of the molecule is O=C(NC[C@H]1CCCO1)C1CCN(C(=O)c2ccccc2)CC1. The van der Waals surface area contributed by atoms with Crippen LogP contribution in [0.15, 0.2) is 30.3 Å². The zero-order chi connectivity index (χ0) is 16.1. The van der Waals surface area contributed by atoms with Crippen LogP contribution in [0.1, 0.15) is 36.0 Å². The molecule has 2 aliphatic rings. The Hall–Kier alpha value is -1.88. The van der Waals surface area contributed by atoms with E-state index in [1.54, 1.807) is 0 Å². The van der Waals surface area contributed by atoms with Crippen molar-refractivity contribution in [3.8, 4) is 0 Å². The smallest absolute Gasteiger partial charge is 0.253 e. The van der Waals surface area contributed by atoms with Crippen molar-refractivity contribution in [1.82, 2.24) is 10.2 Å². The number of rotatable bonds is 4. The maximum atomic E-state index is 12.4.